The largest absolute Gasteiger partial charge is 0.383 e. The fraction of sp³-hybridized carbons (Fsp3) is 0.692. The number of hydrogen-bond acceptors (Lipinski definition) is 5. The molecule has 0 saturated carbocycles. The van der Waals surface area contributed by atoms with Crippen LogP contribution in [0.2, 0.25) is 0 Å². The van der Waals surface area contributed by atoms with Gasteiger partial charge in [-0.1, -0.05) is 0 Å². The van der Waals surface area contributed by atoms with Crippen LogP contribution in [0, 0.1) is 6.92 Å². The smallest absolute Gasteiger partial charge is 0.244 e. The molecule has 2 heterocycles. The van der Waals surface area contributed by atoms with Gasteiger partial charge >= 0.3 is 0 Å². The Labute approximate surface area is 139 Å². The quantitative estimate of drug-likeness (QED) is 0.764. The Hall–Kier alpha value is 0.01000. The summed E-state index contributed by atoms with van der Waals surface area (Å²) in [6, 6.07) is 1.71. The topological polar surface area (TPSA) is 49.9 Å². The zero-order valence-corrected chi connectivity index (χ0v) is 15.6. The molecule has 1 aromatic rings. The minimum Gasteiger partial charge on any atom is -0.383 e. The number of thiophene rings is 1. The molecule has 0 atom stereocenters. The van der Waals surface area contributed by atoms with E-state index < -0.39 is 10.0 Å². The Kier molecular flexibility index (Phi) is 6.22. The van der Waals surface area contributed by atoms with Crippen LogP contribution in [-0.2, 0) is 14.8 Å². The Balaban J connectivity index is 2.09. The van der Waals surface area contributed by atoms with Crippen molar-refractivity contribution in [2.24, 2.45) is 0 Å². The summed E-state index contributed by atoms with van der Waals surface area (Å²) in [6.07, 6.45) is 0.854. The van der Waals surface area contributed by atoms with Gasteiger partial charge in [0.05, 0.1) is 15.3 Å². The maximum Gasteiger partial charge on any atom is 0.244 e. The Morgan fingerprint density at radius 2 is 2.10 bits per heavy atom. The zero-order valence-electron chi connectivity index (χ0n) is 12.3. The van der Waals surface area contributed by atoms with Crippen LogP contribution in [0.3, 0.4) is 0 Å². The highest BCUT2D eigenvalue weighted by Gasteiger charge is 2.29. The molecule has 0 amide bonds. The lowest BCUT2D eigenvalue weighted by Gasteiger charge is -2.21. The molecular formula is C13H21BrN2O3S2. The molecule has 0 bridgehead atoms. The lowest BCUT2D eigenvalue weighted by atomic mass is 10.4. The molecule has 21 heavy (non-hydrogen) atoms. The number of aryl methyl sites for hydroxylation is 1. The highest BCUT2D eigenvalue weighted by atomic mass is 79.9. The SMILES string of the molecule is COCCN1CCCN(S(=O)(=O)c2cc(Br)sc2C)CC1. The van der Waals surface area contributed by atoms with Crippen molar-refractivity contribution in [3.63, 3.8) is 0 Å². The summed E-state index contributed by atoms with van der Waals surface area (Å²) in [6.45, 7) is 6.19. The van der Waals surface area contributed by atoms with Crippen LogP contribution in [0.5, 0.6) is 0 Å². The van der Waals surface area contributed by atoms with E-state index >= 15 is 0 Å². The molecule has 1 aliphatic rings. The average Bonchev–Trinajstić information content (AvgIpc) is 2.65. The third-order valence-electron chi connectivity index (χ3n) is 3.62. The van der Waals surface area contributed by atoms with Crippen LogP contribution in [0.25, 0.3) is 0 Å². The standard InChI is InChI=1S/C13H21BrN2O3S2/c1-11-12(10-13(14)20-11)21(17,18)16-5-3-4-15(6-7-16)8-9-19-2/h10H,3-9H2,1-2H3. The molecule has 0 N–H and O–H groups in total. The Bertz CT molecular complexity index is 574. The molecule has 120 valence electrons. The summed E-state index contributed by atoms with van der Waals surface area (Å²) in [7, 11) is -1.70. The van der Waals surface area contributed by atoms with Crippen LogP contribution in [0.1, 0.15) is 11.3 Å². The predicted molar refractivity (Wildman–Crippen MR) is 88.4 cm³/mol. The highest BCUT2D eigenvalue weighted by molar-refractivity contribution is 9.11. The zero-order chi connectivity index (χ0) is 15.5. The maximum absolute atomic E-state index is 12.8. The number of halogens is 1. The van der Waals surface area contributed by atoms with E-state index in [1.165, 1.54) is 11.3 Å². The van der Waals surface area contributed by atoms with Gasteiger partial charge < -0.3 is 4.74 Å². The first-order valence-electron chi connectivity index (χ1n) is 6.92. The number of methoxy groups -OCH3 is 1. The molecular weight excluding hydrogens is 376 g/mol. The van der Waals surface area contributed by atoms with Crippen molar-refractivity contribution in [3.05, 3.63) is 14.7 Å². The number of nitrogens with zero attached hydrogens (tertiary/aromatic N) is 2. The molecule has 1 saturated heterocycles. The van der Waals surface area contributed by atoms with Gasteiger partial charge in [0.25, 0.3) is 0 Å². The number of hydrogen-bond donors (Lipinski definition) is 0. The van der Waals surface area contributed by atoms with E-state index in [9.17, 15) is 8.42 Å². The summed E-state index contributed by atoms with van der Waals surface area (Å²) in [5.41, 5.74) is 0. The van der Waals surface area contributed by atoms with Gasteiger partial charge in [0, 0.05) is 38.2 Å². The van der Waals surface area contributed by atoms with E-state index in [2.05, 4.69) is 20.8 Å². The molecule has 0 unspecified atom stereocenters. The fourth-order valence-corrected chi connectivity index (χ4v) is 6.31. The fourth-order valence-electron chi connectivity index (χ4n) is 2.46. The van der Waals surface area contributed by atoms with E-state index in [0.717, 1.165) is 34.7 Å². The third kappa shape index (κ3) is 4.27. The van der Waals surface area contributed by atoms with Gasteiger partial charge in [-0.2, -0.15) is 4.31 Å². The number of sulfonamides is 1. The molecule has 0 spiro atoms. The lowest BCUT2D eigenvalue weighted by molar-refractivity contribution is 0.151. The second kappa shape index (κ2) is 7.52. The van der Waals surface area contributed by atoms with Crippen LogP contribution >= 0.6 is 27.3 Å². The lowest BCUT2D eigenvalue weighted by Crippen LogP contribution is -2.36. The van der Waals surface area contributed by atoms with Gasteiger partial charge in [0.15, 0.2) is 0 Å². The van der Waals surface area contributed by atoms with E-state index in [1.807, 2.05) is 6.92 Å². The average molecular weight is 397 g/mol. The first kappa shape index (κ1) is 17.4. The van der Waals surface area contributed by atoms with Gasteiger partial charge in [-0.3, -0.25) is 4.90 Å². The summed E-state index contributed by atoms with van der Waals surface area (Å²) in [5, 5.41) is 0. The summed E-state index contributed by atoms with van der Waals surface area (Å²) < 4.78 is 33.1. The van der Waals surface area contributed by atoms with E-state index in [1.54, 1.807) is 17.5 Å². The number of rotatable bonds is 5. The first-order valence-corrected chi connectivity index (χ1v) is 9.97. The van der Waals surface area contributed by atoms with Crippen molar-refractivity contribution in [2.45, 2.75) is 18.2 Å². The molecule has 1 fully saturated rings. The van der Waals surface area contributed by atoms with Crippen LogP contribution in [0.4, 0.5) is 0 Å². The van der Waals surface area contributed by atoms with Crippen molar-refractivity contribution in [1.29, 1.82) is 0 Å². The van der Waals surface area contributed by atoms with E-state index in [4.69, 9.17) is 4.74 Å². The molecule has 5 nitrogen and oxygen atoms in total. The summed E-state index contributed by atoms with van der Waals surface area (Å²) in [5.74, 6) is 0. The normalized spacial score (nSPS) is 18.8. The van der Waals surface area contributed by atoms with E-state index in [0.29, 0.717) is 24.6 Å². The molecule has 0 aliphatic carbocycles. The van der Waals surface area contributed by atoms with Gasteiger partial charge in [-0.15, -0.1) is 11.3 Å². The van der Waals surface area contributed by atoms with Gasteiger partial charge in [0.1, 0.15) is 0 Å². The summed E-state index contributed by atoms with van der Waals surface area (Å²) in [4.78, 5) is 3.53. The van der Waals surface area contributed by atoms with Crippen molar-refractivity contribution in [3.8, 4) is 0 Å². The van der Waals surface area contributed by atoms with E-state index in [-0.39, 0.29) is 0 Å². The highest BCUT2D eigenvalue weighted by Crippen LogP contribution is 2.31. The van der Waals surface area contributed by atoms with Crippen molar-refractivity contribution in [2.75, 3.05) is 46.4 Å². The monoisotopic (exact) mass is 396 g/mol. The first-order chi connectivity index (χ1) is 9.95. The molecule has 1 aliphatic heterocycles. The molecule has 0 aromatic carbocycles. The minimum atomic E-state index is -3.38. The molecule has 1 aromatic heterocycles. The van der Waals surface area contributed by atoms with Gasteiger partial charge in [-0.05, 0) is 41.9 Å². The molecule has 0 radical (unpaired) electrons. The van der Waals surface area contributed by atoms with Crippen molar-refractivity contribution >= 4 is 37.3 Å². The summed E-state index contributed by atoms with van der Waals surface area (Å²) >= 11 is 4.83. The number of ether oxygens (including phenoxy) is 1. The van der Waals surface area contributed by atoms with Crippen LogP contribution < -0.4 is 0 Å². The van der Waals surface area contributed by atoms with Gasteiger partial charge in [0.2, 0.25) is 10.0 Å². The predicted octanol–water partition coefficient (Wildman–Crippen LogP) is 2.16. The Morgan fingerprint density at radius 3 is 2.71 bits per heavy atom. The second-order valence-electron chi connectivity index (χ2n) is 5.06. The Morgan fingerprint density at radius 1 is 1.33 bits per heavy atom. The van der Waals surface area contributed by atoms with Crippen molar-refractivity contribution in [1.82, 2.24) is 9.21 Å². The molecule has 2 rings (SSSR count). The second-order valence-corrected chi connectivity index (χ2v) is 9.60. The van der Waals surface area contributed by atoms with Crippen LogP contribution in [-0.4, -0.2) is 64.1 Å². The van der Waals surface area contributed by atoms with Gasteiger partial charge in [-0.25, -0.2) is 8.42 Å². The minimum absolute atomic E-state index is 0.435. The van der Waals surface area contributed by atoms with Crippen LogP contribution in [0.15, 0.2) is 14.7 Å². The maximum atomic E-state index is 12.8. The third-order valence-corrected chi connectivity index (χ3v) is 7.33. The molecule has 8 heteroatoms. The van der Waals surface area contributed by atoms with Crippen molar-refractivity contribution < 1.29 is 13.2 Å².